The second-order valence-corrected chi connectivity index (χ2v) is 15.8. The molecule has 0 N–H and O–H groups in total. The average molecular weight is 722 g/mol. The molecule has 2 aliphatic rings. The molecule has 0 bridgehead atoms. The van der Waals surface area contributed by atoms with Crippen molar-refractivity contribution in [1.82, 2.24) is 34.1 Å². The van der Waals surface area contributed by atoms with Gasteiger partial charge in [-0.3, -0.25) is 24.4 Å². The zero-order valence-corrected chi connectivity index (χ0v) is 32.7. The first kappa shape index (κ1) is 36.4. The van der Waals surface area contributed by atoms with Gasteiger partial charge in [-0.25, -0.2) is 19.9 Å². The van der Waals surface area contributed by atoms with Gasteiger partial charge >= 0.3 is 0 Å². The van der Waals surface area contributed by atoms with Gasteiger partial charge < -0.3 is 9.13 Å². The standard InChI is InChI=1S/C22H24N4O.C21H23N5O/c1-14(2)19-12-25(13-24-19)16-6-7-18-20(11-16)26(21(27)22(18,4)5)17-8-9-23-15(3)10-17;1-13(2)18-11-25(12-24-18)15-6-7-17-19(8-15)26(20(27)21(17,4)5)16-9-22-14(3)23-10-16/h6-14H,1-5H3;6-13H,1-5H3. The molecule has 0 radical (unpaired) electrons. The molecule has 11 nitrogen and oxygen atoms in total. The van der Waals surface area contributed by atoms with Gasteiger partial charge in [-0.2, -0.15) is 0 Å². The number of pyridine rings is 1. The predicted octanol–water partition coefficient (Wildman–Crippen LogP) is 8.71. The minimum Gasteiger partial charge on any atom is -0.306 e. The third-order valence-corrected chi connectivity index (χ3v) is 10.4. The first-order valence-corrected chi connectivity index (χ1v) is 18.4. The summed E-state index contributed by atoms with van der Waals surface area (Å²) in [5.41, 5.74) is 9.14. The van der Waals surface area contributed by atoms with Gasteiger partial charge in [-0.05, 0) is 101 Å². The van der Waals surface area contributed by atoms with E-state index in [-0.39, 0.29) is 11.8 Å². The summed E-state index contributed by atoms with van der Waals surface area (Å²) >= 11 is 0. The van der Waals surface area contributed by atoms with Gasteiger partial charge in [-0.15, -0.1) is 0 Å². The van der Waals surface area contributed by atoms with Crippen molar-refractivity contribution in [3.8, 4) is 11.4 Å². The highest BCUT2D eigenvalue weighted by Crippen LogP contribution is 2.47. The van der Waals surface area contributed by atoms with Gasteiger partial charge in [0.1, 0.15) is 5.82 Å². The number of hydrogen-bond donors (Lipinski definition) is 0. The van der Waals surface area contributed by atoms with Crippen molar-refractivity contribution in [2.45, 2.75) is 91.9 Å². The smallest absolute Gasteiger partial charge is 0.241 e. The van der Waals surface area contributed by atoms with E-state index < -0.39 is 10.8 Å². The summed E-state index contributed by atoms with van der Waals surface area (Å²) in [5, 5.41) is 0. The Balaban J connectivity index is 0.000000167. The summed E-state index contributed by atoms with van der Waals surface area (Å²) in [6, 6.07) is 16.1. The molecule has 54 heavy (non-hydrogen) atoms. The van der Waals surface area contributed by atoms with Gasteiger partial charge in [0.25, 0.3) is 0 Å². The Morgan fingerprint density at radius 2 is 1.02 bits per heavy atom. The lowest BCUT2D eigenvalue weighted by Gasteiger charge is -2.20. The number of benzene rings is 2. The molecule has 6 aromatic rings. The lowest BCUT2D eigenvalue weighted by molar-refractivity contribution is -0.122. The van der Waals surface area contributed by atoms with Crippen LogP contribution >= 0.6 is 0 Å². The fraction of sp³-hybridized carbons (Fsp3) is 0.326. The van der Waals surface area contributed by atoms with Crippen LogP contribution in [0, 0.1) is 13.8 Å². The first-order valence-electron chi connectivity index (χ1n) is 18.4. The van der Waals surface area contributed by atoms with E-state index in [4.69, 9.17) is 0 Å². The molecular weight excluding hydrogens is 675 g/mol. The van der Waals surface area contributed by atoms with Crippen LogP contribution in [0.2, 0.25) is 0 Å². The Morgan fingerprint density at radius 1 is 0.556 bits per heavy atom. The van der Waals surface area contributed by atoms with Crippen LogP contribution in [0.3, 0.4) is 0 Å². The number of aromatic nitrogens is 7. The summed E-state index contributed by atoms with van der Waals surface area (Å²) in [6.07, 6.45) is 12.9. The van der Waals surface area contributed by atoms with E-state index in [1.165, 1.54) is 0 Å². The van der Waals surface area contributed by atoms with Crippen LogP contribution in [-0.2, 0) is 20.4 Å². The number of imidazole rings is 2. The summed E-state index contributed by atoms with van der Waals surface area (Å²) in [5.74, 6) is 1.52. The van der Waals surface area contributed by atoms with E-state index in [1.54, 1.807) is 23.5 Å². The van der Waals surface area contributed by atoms with E-state index in [0.29, 0.717) is 23.3 Å². The molecule has 0 saturated carbocycles. The van der Waals surface area contributed by atoms with E-state index >= 15 is 0 Å². The minimum absolute atomic E-state index is 0.0237. The molecule has 276 valence electrons. The first-order chi connectivity index (χ1) is 25.6. The highest BCUT2D eigenvalue weighted by Gasteiger charge is 2.46. The maximum Gasteiger partial charge on any atom is 0.241 e. The highest BCUT2D eigenvalue weighted by atomic mass is 16.2. The van der Waals surface area contributed by atoms with Gasteiger partial charge in [0.05, 0.1) is 70.0 Å². The van der Waals surface area contributed by atoms with Crippen molar-refractivity contribution < 1.29 is 9.59 Å². The third kappa shape index (κ3) is 6.27. The molecule has 4 aromatic heterocycles. The molecule has 0 saturated heterocycles. The fourth-order valence-corrected chi connectivity index (χ4v) is 7.03. The molecule has 11 heteroatoms. The third-order valence-electron chi connectivity index (χ3n) is 10.4. The van der Waals surface area contributed by atoms with Crippen LogP contribution in [-0.4, -0.2) is 45.9 Å². The second-order valence-electron chi connectivity index (χ2n) is 15.8. The Morgan fingerprint density at radius 3 is 1.44 bits per heavy atom. The van der Waals surface area contributed by atoms with Crippen LogP contribution in [0.15, 0.2) is 92.2 Å². The number of aryl methyl sites for hydroxylation is 2. The maximum absolute atomic E-state index is 13.2. The van der Waals surface area contributed by atoms with Crippen LogP contribution in [0.25, 0.3) is 11.4 Å². The van der Waals surface area contributed by atoms with Crippen molar-refractivity contribution in [2.24, 2.45) is 0 Å². The molecule has 0 unspecified atom stereocenters. The largest absolute Gasteiger partial charge is 0.306 e. The highest BCUT2D eigenvalue weighted by molar-refractivity contribution is 6.13. The Hall–Kier alpha value is -5.97. The molecule has 8 rings (SSSR count). The SMILES string of the molecule is Cc1cc(N2C(=O)C(C)(C)c3ccc(-n4cnc(C(C)C)c4)cc32)ccn1.Cc1ncc(N2C(=O)C(C)(C)c3ccc(-n4cnc(C(C)C)c4)cc32)cn1. The molecule has 6 heterocycles. The molecule has 0 fully saturated rings. The molecular formula is C43H47N9O2. The van der Waals surface area contributed by atoms with Crippen molar-refractivity contribution in [3.05, 3.63) is 126 Å². The van der Waals surface area contributed by atoms with Gasteiger partial charge in [0.15, 0.2) is 0 Å². The normalized spacial score (nSPS) is 15.5. The number of carbonyl (C=O) groups is 2. The lowest BCUT2D eigenvalue weighted by atomic mass is 9.86. The summed E-state index contributed by atoms with van der Waals surface area (Å²) in [6.45, 7) is 20.1. The zero-order valence-electron chi connectivity index (χ0n) is 32.7. The summed E-state index contributed by atoms with van der Waals surface area (Å²) in [4.78, 5) is 51.7. The van der Waals surface area contributed by atoms with Crippen LogP contribution in [0.5, 0.6) is 0 Å². The van der Waals surface area contributed by atoms with Gasteiger partial charge in [0, 0.05) is 35.7 Å². The van der Waals surface area contributed by atoms with E-state index in [9.17, 15) is 9.59 Å². The second kappa shape index (κ2) is 13.5. The molecule has 0 aliphatic carbocycles. The molecule has 0 spiro atoms. The number of amides is 2. The van der Waals surface area contributed by atoms with E-state index in [1.807, 2.05) is 105 Å². The number of fused-ring (bicyclic) bond motifs is 2. The fourth-order valence-electron chi connectivity index (χ4n) is 7.03. The molecule has 2 amide bonds. The molecule has 2 aliphatic heterocycles. The monoisotopic (exact) mass is 721 g/mol. The summed E-state index contributed by atoms with van der Waals surface area (Å²) < 4.78 is 4.01. The van der Waals surface area contributed by atoms with Gasteiger partial charge in [0.2, 0.25) is 11.8 Å². The van der Waals surface area contributed by atoms with Crippen LogP contribution in [0.1, 0.15) is 101 Å². The van der Waals surface area contributed by atoms with Crippen LogP contribution in [0.4, 0.5) is 22.7 Å². The molecule has 2 aromatic carbocycles. The molecule has 0 atom stereocenters. The maximum atomic E-state index is 13.2. The average Bonchev–Trinajstić information content (AvgIpc) is 3.91. The number of anilines is 4. The quantitative estimate of drug-likeness (QED) is 0.169. The van der Waals surface area contributed by atoms with E-state index in [2.05, 4.69) is 77.0 Å². The van der Waals surface area contributed by atoms with Crippen molar-refractivity contribution in [1.29, 1.82) is 0 Å². The van der Waals surface area contributed by atoms with Crippen molar-refractivity contribution in [2.75, 3.05) is 9.80 Å². The predicted molar refractivity (Wildman–Crippen MR) is 211 cm³/mol. The Labute approximate surface area is 316 Å². The minimum atomic E-state index is -0.600. The summed E-state index contributed by atoms with van der Waals surface area (Å²) in [7, 11) is 0. The zero-order chi connectivity index (χ0) is 38.7. The lowest BCUT2D eigenvalue weighted by Crippen LogP contribution is -2.33. The number of carbonyl (C=O) groups excluding carboxylic acids is 2. The number of hydrogen-bond acceptors (Lipinski definition) is 7. The van der Waals surface area contributed by atoms with Crippen LogP contribution < -0.4 is 9.80 Å². The van der Waals surface area contributed by atoms with Crippen molar-refractivity contribution in [3.63, 3.8) is 0 Å². The number of rotatable bonds is 6. The topological polar surface area (TPSA) is 115 Å². The number of nitrogens with zero attached hydrogens (tertiary/aromatic N) is 9. The van der Waals surface area contributed by atoms with Gasteiger partial charge in [-0.1, -0.05) is 39.8 Å². The van der Waals surface area contributed by atoms with E-state index in [0.717, 1.165) is 56.6 Å². The Bertz CT molecular complexity index is 2380. The Kier molecular flexibility index (Phi) is 9.07. The van der Waals surface area contributed by atoms with Crippen molar-refractivity contribution >= 4 is 34.6 Å².